The van der Waals surface area contributed by atoms with E-state index in [0.717, 1.165) is 12.5 Å². The molecule has 0 spiro atoms. The second-order valence-electron chi connectivity index (χ2n) is 6.47. The zero-order chi connectivity index (χ0) is 18.1. The number of hydrogen-bond acceptors (Lipinski definition) is 7. The van der Waals surface area contributed by atoms with E-state index in [4.69, 9.17) is 14.2 Å². The lowest BCUT2D eigenvalue weighted by Crippen LogP contribution is -2.38. The van der Waals surface area contributed by atoms with Crippen molar-refractivity contribution in [3.8, 4) is 11.5 Å². The average molecular weight is 377 g/mol. The number of rotatable bonds is 4. The fourth-order valence-corrected chi connectivity index (χ4v) is 5.97. The van der Waals surface area contributed by atoms with E-state index in [1.165, 1.54) is 13.2 Å². The summed E-state index contributed by atoms with van der Waals surface area (Å²) < 4.78 is 65.2. The predicted octanol–water partition coefficient (Wildman–Crippen LogP) is 1.03. The van der Waals surface area contributed by atoms with E-state index in [9.17, 15) is 16.8 Å². The molecule has 0 N–H and O–H groups in total. The molecule has 3 rings (SSSR count). The molecule has 2 aliphatic heterocycles. The van der Waals surface area contributed by atoms with E-state index >= 15 is 0 Å². The van der Waals surface area contributed by atoms with Crippen LogP contribution in [-0.2, 0) is 24.8 Å². The summed E-state index contributed by atoms with van der Waals surface area (Å²) >= 11 is 0. The van der Waals surface area contributed by atoms with Crippen LogP contribution in [-0.4, -0.2) is 48.2 Å². The smallest absolute Gasteiger partial charge is 0.245 e. The van der Waals surface area contributed by atoms with Crippen molar-refractivity contribution in [1.29, 1.82) is 0 Å². The first-order valence-corrected chi connectivity index (χ1v) is 10.8. The SMILES string of the molecule is COc1cc2c(cc1N(S(C)(=O)=O)S(C)(=O)=O)OC(C)(C)[C@@H]1O[C@H]21. The van der Waals surface area contributed by atoms with Crippen molar-refractivity contribution in [3.05, 3.63) is 17.7 Å². The molecule has 10 heteroatoms. The maximum Gasteiger partial charge on any atom is 0.245 e. The van der Waals surface area contributed by atoms with Gasteiger partial charge in [0.2, 0.25) is 20.0 Å². The van der Waals surface area contributed by atoms with Gasteiger partial charge in [0.05, 0.1) is 19.6 Å². The molecule has 1 aromatic rings. The lowest BCUT2D eigenvalue weighted by molar-refractivity contribution is 0.0725. The standard InChI is InChI=1S/C14H19NO7S2/c1-14(2)13-12(21-13)8-6-11(20-3)9(7-10(8)22-14)15(23(4,16)17)24(5,18)19/h6-7,12-13H,1-5H3/t12-,13-/m1/s1. The second-order valence-corrected chi connectivity index (χ2v) is 10.4. The number of sulfonamides is 2. The van der Waals surface area contributed by atoms with Crippen LogP contribution in [0.5, 0.6) is 11.5 Å². The highest BCUT2D eigenvalue weighted by atomic mass is 32.3. The third-order valence-electron chi connectivity index (χ3n) is 3.97. The van der Waals surface area contributed by atoms with Crippen LogP contribution in [0.2, 0.25) is 0 Å². The summed E-state index contributed by atoms with van der Waals surface area (Å²) in [6, 6.07) is 2.93. The van der Waals surface area contributed by atoms with E-state index in [0.29, 0.717) is 15.0 Å². The van der Waals surface area contributed by atoms with Crippen molar-refractivity contribution >= 4 is 25.7 Å². The minimum absolute atomic E-state index is 0.0959. The summed E-state index contributed by atoms with van der Waals surface area (Å²) in [5.41, 5.74) is 0.00267. The van der Waals surface area contributed by atoms with Gasteiger partial charge in [0.25, 0.3) is 0 Å². The number of hydrogen-bond donors (Lipinski definition) is 0. The lowest BCUT2D eigenvalue weighted by Gasteiger charge is -2.31. The van der Waals surface area contributed by atoms with Crippen LogP contribution in [0.25, 0.3) is 0 Å². The van der Waals surface area contributed by atoms with Gasteiger partial charge in [-0.25, -0.2) is 16.8 Å². The lowest BCUT2D eigenvalue weighted by atomic mass is 9.94. The number of anilines is 1. The Morgan fingerprint density at radius 3 is 2.21 bits per heavy atom. The molecule has 0 aliphatic carbocycles. The summed E-state index contributed by atoms with van der Waals surface area (Å²) in [5, 5.41) is 0. The number of ether oxygens (including phenoxy) is 3. The highest BCUT2D eigenvalue weighted by molar-refractivity contribution is 8.09. The molecular formula is C14H19NO7S2. The fraction of sp³-hybridized carbons (Fsp3) is 0.571. The van der Waals surface area contributed by atoms with Crippen LogP contribution in [0.4, 0.5) is 5.69 Å². The number of fused-ring (bicyclic) bond motifs is 3. The highest BCUT2D eigenvalue weighted by Gasteiger charge is 2.57. The highest BCUT2D eigenvalue weighted by Crippen LogP contribution is 2.56. The van der Waals surface area contributed by atoms with Crippen LogP contribution in [0.1, 0.15) is 25.5 Å². The Kier molecular flexibility index (Phi) is 3.60. The molecule has 134 valence electrons. The van der Waals surface area contributed by atoms with Crippen molar-refractivity contribution in [2.45, 2.75) is 31.7 Å². The van der Waals surface area contributed by atoms with E-state index in [1.54, 1.807) is 6.07 Å². The van der Waals surface area contributed by atoms with Crippen LogP contribution in [0.3, 0.4) is 0 Å². The Hall–Kier alpha value is -1.52. The maximum absolute atomic E-state index is 12.0. The van der Waals surface area contributed by atoms with Gasteiger partial charge in [-0.05, 0) is 19.9 Å². The Balaban J connectivity index is 2.23. The largest absolute Gasteiger partial charge is 0.494 e. The summed E-state index contributed by atoms with van der Waals surface area (Å²) in [6.45, 7) is 3.71. The van der Waals surface area contributed by atoms with Gasteiger partial charge in [-0.2, -0.15) is 3.71 Å². The molecule has 1 fully saturated rings. The van der Waals surface area contributed by atoms with Gasteiger partial charge in [0.1, 0.15) is 35.0 Å². The molecule has 0 radical (unpaired) electrons. The summed E-state index contributed by atoms with van der Waals surface area (Å²) in [7, 11) is -6.84. The molecule has 0 bridgehead atoms. The minimum Gasteiger partial charge on any atom is -0.494 e. The number of benzene rings is 1. The minimum atomic E-state index is -4.09. The van der Waals surface area contributed by atoms with Crippen molar-refractivity contribution in [3.63, 3.8) is 0 Å². The number of methoxy groups -OCH3 is 1. The molecule has 8 nitrogen and oxygen atoms in total. The normalized spacial score (nSPS) is 24.4. The van der Waals surface area contributed by atoms with Gasteiger partial charge in [-0.3, -0.25) is 0 Å². The maximum atomic E-state index is 12.0. The molecule has 2 heterocycles. The van der Waals surface area contributed by atoms with Crippen LogP contribution < -0.4 is 13.2 Å². The molecule has 24 heavy (non-hydrogen) atoms. The Morgan fingerprint density at radius 2 is 1.71 bits per heavy atom. The third kappa shape index (κ3) is 2.72. The van der Waals surface area contributed by atoms with E-state index in [-0.39, 0.29) is 23.6 Å². The topological polar surface area (TPSA) is 103 Å². The van der Waals surface area contributed by atoms with Crippen LogP contribution in [0.15, 0.2) is 12.1 Å². The first-order valence-electron chi connectivity index (χ1n) is 7.13. The Labute approximate surface area is 141 Å². The van der Waals surface area contributed by atoms with E-state index < -0.39 is 25.6 Å². The fourth-order valence-electron chi connectivity index (χ4n) is 3.00. The van der Waals surface area contributed by atoms with Crippen molar-refractivity contribution < 1.29 is 31.0 Å². The van der Waals surface area contributed by atoms with Crippen molar-refractivity contribution in [2.75, 3.05) is 23.3 Å². The summed E-state index contributed by atoms with van der Waals surface area (Å²) in [4.78, 5) is 0. The monoisotopic (exact) mass is 377 g/mol. The summed E-state index contributed by atoms with van der Waals surface area (Å²) in [6.07, 6.45) is 1.37. The number of epoxide rings is 1. The van der Waals surface area contributed by atoms with Gasteiger partial charge < -0.3 is 14.2 Å². The molecule has 0 amide bonds. The predicted molar refractivity (Wildman–Crippen MR) is 87.5 cm³/mol. The van der Waals surface area contributed by atoms with Crippen molar-refractivity contribution in [2.24, 2.45) is 0 Å². The van der Waals surface area contributed by atoms with E-state index in [2.05, 4.69) is 0 Å². The zero-order valence-electron chi connectivity index (χ0n) is 13.9. The first kappa shape index (κ1) is 17.3. The average Bonchev–Trinajstić information content (AvgIpc) is 3.15. The molecule has 1 aromatic carbocycles. The molecule has 2 aliphatic rings. The van der Waals surface area contributed by atoms with Crippen LogP contribution in [0, 0.1) is 0 Å². The van der Waals surface area contributed by atoms with Gasteiger partial charge in [0, 0.05) is 11.6 Å². The van der Waals surface area contributed by atoms with Gasteiger partial charge in [-0.15, -0.1) is 0 Å². The van der Waals surface area contributed by atoms with Gasteiger partial charge in [-0.1, -0.05) is 0 Å². The Bertz CT molecular complexity index is 873. The first-order chi connectivity index (χ1) is 10.9. The van der Waals surface area contributed by atoms with Gasteiger partial charge >= 0.3 is 0 Å². The Morgan fingerprint density at radius 1 is 1.12 bits per heavy atom. The molecular weight excluding hydrogens is 358 g/mol. The van der Waals surface area contributed by atoms with Crippen LogP contribution >= 0.6 is 0 Å². The molecule has 1 saturated heterocycles. The van der Waals surface area contributed by atoms with E-state index in [1.807, 2.05) is 13.8 Å². The third-order valence-corrected chi connectivity index (χ3v) is 7.19. The molecule has 0 saturated carbocycles. The zero-order valence-corrected chi connectivity index (χ0v) is 15.6. The molecule has 0 aromatic heterocycles. The second kappa shape index (κ2) is 4.99. The molecule has 0 unspecified atom stereocenters. The molecule has 2 atom stereocenters. The van der Waals surface area contributed by atoms with Gasteiger partial charge in [0.15, 0.2) is 0 Å². The quantitative estimate of drug-likeness (QED) is 0.722. The van der Waals surface area contributed by atoms with Crippen molar-refractivity contribution in [1.82, 2.24) is 0 Å². The number of nitrogens with zero attached hydrogens (tertiary/aromatic N) is 1. The summed E-state index contributed by atoms with van der Waals surface area (Å²) in [5.74, 6) is 0.494.